The second-order valence-electron chi connectivity index (χ2n) is 4.77. The van der Waals surface area contributed by atoms with Crippen LogP contribution in [0.5, 0.6) is 0 Å². The number of hydrogen-bond donors (Lipinski definition) is 2. The van der Waals surface area contributed by atoms with Gasteiger partial charge >= 0.3 is 0 Å². The Morgan fingerprint density at radius 1 is 1.26 bits per heavy atom. The molecule has 0 amide bonds. The van der Waals surface area contributed by atoms with Gasteiger partial charge in [0.05, 0.1) is 11.5 Å². The lowest BCUT2D eigenvalue weighted by Crippen LogP contribution is -2.45. The highest BCUT2D eigenvalue weighted by Crippen LogP contribution is 2.29. The van der Waals surface area contributed by atoms with Crippen LogP contribution in [-0.4, -0.2) is 37.0 Å². The number of aliphatic hydroxyl groups excluding tert-OH is 1. The molecule has 5 nitrogen and oxygen atoms in total. The highest BCUT2D eigenvalue weighted by atomic mass is 32.2. The average Bonchev–Trinajstić information content (AvgIpc) is 2.36. The first-order valence-corrected chi connectivity index (χ1v) is 7.95. The van der Waals surface area contributed by atoms with Crippen molar-refractivity contribution in [2.24, 2.45) is 5.73 Å². The first-order valence-electron chi connectivity index (χ1n) is 6.51. The summed E-state index contributed by atoms with van der Waals surface area (Å²) in [6.45, 7) is 0.394. The molecule has 2 rings (SSSR count). The predicted octanol–water partition coefficient (Wildman–Crippen LogP) is 0.681. The zero-order chi connectivity index (χ0) is 13.9. The molecule has 0 bridgehead atoms. The van der Waals surface area contributed by atoms with Crippen molar-refractivity contribution >= 4 is 10.0 Å². The third kappa shape index (κ3) is 2.97. The van der Waals surface area contributed by atoms with Gasteiger partial charge in [0.2, 0.25) is 10.0 Å². The molecule has 106 valence electrons. The monoisotopic (exact) mass is 284 g/mol. The Hall–Kier alpha value is -0.950. The van der Waals surface area contributed by atoms with E-state index < -0.39 is 10.0 Å². The Labute approximate surface area is 114 Å². The van der Waals surface area contributed by atoms with Crippen LogP contribution in [0, 0.1) is 0 Å². The van der Waals surface area contributed by atoms with E-state index in [1.807, 2.05) is 0 Å². The maximum absolute atomic E-state index is 12.5. The van der Waals surface area contributed by atoms with Crippen LogP contribution in [0.3, 0.4) is 0 Å². The number of rotatable bonds is 6. The molecule has 1 aromatic carbocycles. The lowest BCUT2D eigenvalue weighted by atomic mass is 9.93. The quantitative estimate of drug-likeness (QED) is 0.804. The number of aliphatic hydroxyl groups is 1. The largest absolute Gasteiger partial charge is 0.395 e. The first kappa shape index (κ1) is 14.5. The topological polar surface area (TPSA) is 83.6 Å². The normalized spacial score (nSPS) is 16.6. The van der Waals surface area contributed by atoms with Crippen LogP contribution in [0.15, 0.2) is 29.2 Å². The third-order valence-electron chi connectivity index (χ3n) is 3.57. The van der Waals surface area contributed by atoms with Gasteiger partial charge in [0.15, 0.2) is 0 Å². The van der Waals surface area contributed by atoms with E-state index in [0.717, 1.165) is 24.8 Å². The van der Waals surface area contributed by atoms with Crippen LogP contribution >= 0.6 is 0 Å². The predicted molar refractivity (Wildman–Crippen MR) is 73.0 cm³/mol. The molecule has 1 fully saturated rings. The summed E-state index contributed by atoms with van der Waals surface area (Å²) < 4.78 is 26.5. The van der Waals surface area contributed by atoms with Crippen LogP contribution < -0.4 is 5.73 Å². The fraction of sp³-hybridized carbons (Fsp3) is 0.538. The number of sulfonamides is 1. The van der Waals surface area contributed by atoms with E-state index in [9.17, 15) is 8.42 Å². The standard InChI is InChI=1S/C13H20N2O3S/c14-10-11-4-6-13(7-5-11)19(17,18)15(8-9-16)12-2-1-3-12/h4-7,12,16H,1-3,8-10,14H2. The zero-order valence-electron chi connectivity index (χ0n) is 10.8. The molecule has 0 aliphatic heterocycles. The van der Waals surface area contributed by atoms with Gasteiger partial charge < -0.3 is 10.8 Å². The second-order valence-corrected chi connectivity index (χ2v) is 6.66. The molecule has 1 aromatic rings. The molecule has 0 spiro atoms. The molecular weight excluding hydrogens is 264 g/mol. The third-order valence-corrected chi connectivity index (χ3v) is 5.53. The van der Waals surface area contributed by atoms with Gasteiger partial charge in [-0.3, -0.25) is 0 Å². The van der Waals surface area contributed by atoms with Crippen molar-refractivity contribution < 1.29 is 13.5 Å². The lowest BCUT2D eigenvalue weighted by Gasteiger charge is -2.36. The maximum atomic E-state index is 12.5. The fourth-order valence-corrected chi connectivity index (χ4v) is 3.88. The van der Waals surface area contributed by atoms with Gasteiger partial charge in [-0.2, -0.15) is 4.31 Å². The minimum absolute atomic E-state index is 0.0336. The molecule has 19 heavy (non-hydrogen) atoms. The Kier molecular flexibility index (Phi) is 4.57. The zero-order valence-corrected chi connectivity index (χ0v) is 11.6. The molecule has 0 unspecified atom stereocenters. The summed E-state index contributed by atoms with van der Waals surface area (Å²) in [4.78, 5) is 0.269. The highest BCUT2D eigenvalue weighted by Gasteiger charge is 2.34. The molecule has 1 saturated carbocycles. The smallest absolute Gasteiger partial charge is 0.243 e. The van der Waals surface area contributed by atoms with Crippen molar-refractivity contribution in [1.82, 2.24) is 4.31 Å². The molecule has 1 aliphatic rings. The van der Waals surface area contributed by atoms with Gasteiger partial charge in [0, 0.05) is 19.1 Å². The maximum Gasteiger partial charge on any atom is 0.243 e. The van der Waals surface area contributed by atoms with E-state index in [2.05, 4.69) is 0 Å². The van der Waals surface area contributed by atoms with Gasteiger partial charge in [-0.25, -0.2) is 8.42 Å². The van der Waals surface area contributed by atoms with Crippen LogP contribution in [0.25, 0.3) is 0 Å². The van der Waals surface area contributed by atoms with Crippen LogP contribution in [0.4, 0.5) is 0 Å². The summed E-state index contributed by atoms with van der Waals surface area (Å²) in [5, 5.41) is 9.07. The summed E-state index contributed by atoms with van der Waals surface area (Å²) in [6.07, 6.45) is 2.80. The summed E-state index contributed by atoms with van der Waals surface area (Å²) in [6, 6.07) is 6.66. The highest BCUT2D eigenvalue weighted by molar-refractivity contribution is 7.89. The molecule has 0 radical (unpaired) electrons. The van der Waals surface area contributed by atoms with E-state index in [0.29, 0.717) is 6.54 Å². The van der Waals surface area contributed by atoms with Crippen molar-refractivity contribution in [1.29, 1.82) is 0 Å². The Bertz CT molecular complexity index is 509. The van der Waals surface area contributed by atoms with Crippen molar-refractivity contribution in [3.63, 3.8) is 0 Å². The van der Waals surface area contributed by atoms with Crippen molar-refractivity contribution in [2.45, 2.75) is 36.7 Å². The van der Waals surface area contributed by atoms with E-state index in [1.54, 1.807) is 24.3 Å². The number of benzene rings is 1. The first-order chi connectivity index (χ1) is 9.09. The Morgan fingerprint density at radius 2 is 1.89 bits per heavy atom. The van der Waals surface area contributed by atoms with E-state index in [-0.39, 0.29) is 24.1 Å². The second kappa shape index (κ2) is 6.00. The molecule has 0 saturated heterocycles. The van der Waals surface area contributed by atoms with E-state index >= 15 is 0 Å². The summed E-state index contributed by atoms with van der Waals surface area (Å²) in [5.41, 5.74) is 6.40. The minimum atomic E-state index is -3.52. The van der Waals surface area contributed by atoms with Gasteiger partial charge in [-0.05, 0) is 30.5 Å². The van der Waals surface area contributed by atoms with Gasteiger partial charge in [-0.15, -0.1) is 0 Å². The number of nitrogens with zero attached hydrogens (tertiary/aromatic N) is 1. The molecule has 3 N–H and O–H groups in total. The van der Waals surface area contributed by atoms with Gasteiger partial charge in [-0.1, -0.05) is 18.6 Å². The minimum Gasteiger partial charge on any atom is -0.395 e. The molecule has 0 atom stereocenters. The van der Waals surface area contributed by atoms with Crippen molar-refractivity contribution in [3.8, 4) is 0 Å². The number of nitrogens with two attached hydrogens (primary N) is 1. The van der Waals surface area contributed by atoms with Crippen LogP contribution in [0.2, 0.25) is 0 Å². The molecular formula is C13H20N2O3S. The summed E-state index contributed by atoms with van der Waals surface area (Å²) in [7, 11) is -3.52. The molecule has 0 aromatic heterocycles. The van der Waals surface area contributed by atoms with Crippen molar-refractivity contribution in [2.75, 3.05) is 13.2 Å². The van der Waals surface area contributed by atoms with Crippen LogP contribution in [-0.2, 0) is 16.6 Å². The average molecular weight is 284 g/mol. The number of hydrogen-bond acceptors (Lipinski definition) is 4. The SMILES string of the molecule is NCc1ccc(S(=O)(=O)N(CCO)C2CCC2)cc1. The Morgan fingerprint density at radius 3 is 2.32 bits per heavy atom. The van der Waals surface area contributed by atoms with E-state index in [1.165, 1.54) is 4.31 Å². The molecule has 1 aliphatic carbocycles. The summed E-state index contributed by atoms with van der Waals surface area (Å²) >= 11 is 0. The molecule has 6 heteroatoms. The van der Waals surface area contributed by atoms with Gasteiger partial charge in [0.1, 0.15) is 0 Å². The van der Waals surface area contributed by atoms with Crippen molar-refractivity contribution in [3.05, 3.63) is 29.8 Å². The fourth-order valence-electron chi connectivity index (χ4n) is 2.21. The van der Waals surface area contributed by atoms with Gasteiger partial charge in [0.25, 0.3) is 0 Å². The van der Waals surface area contributed by atoms with E-state index in [4.69, 9.17) is 10.8 Å². The Balaban J connectivity index is 2.26. The van der Waals surface area contributed by atoms with Crippen LogP contribution in [0.1, 0.15) is 24.8 Å². The lowest BCUT2D eigenvalue weighted by molar-refractivity contribution is 0.178. The molecule has 0 heterocycles. The summed E-state index contributed by atoms with van der Waals surface area (Å²) in [5.74, 6) is 0.